The zero-order chi connectivity index (χ0) is 25.0. The molecule has 2 aliphatic rings. The average molecular weight is 530 g/mol. The van der Waals surface area contributed by atoms with E-state index in [9.17, 15) is 19.2 Å². The number of thioether (sulfide) groups is 1. The van der Waals surface area contributed by atoms with Crippen LogP contribution in [0.1, 0.15) is 30.6 Å². The number of likely N-dealkylation sites (N-methyl/N-ethyl adjacent to an activating group) is 1. The fourth-order valence-electron chi connectivity index (χ4n) is 3.72. The van der Waals surface area contributed by atoms with Crippen LogP contribution in [0.3, 0.4) is 0 Å². The van der Waals surface area contributed by atoms with Crippen LogP contribution in [0.2, 0.25) is 10.0 Å². The van der Waals surface area contributed by atoms with Gasteiger partial charge in [-0.25, -0.2) is 0 Å². The molecule has 2 saturated heterocycles. The third-order valence-corrected chi connectivity index (χ3v) is 7.19. The SMILES string of the molecule is CC(C)CC(NC(=O)CNC(=O)c1cc(Cl)ccc1Cl)B1OC(=O)[C@@H]2CSC[C@@H](C(=O)O1)N2C. The minimum atomic E-state index is -1.27. The second-order valence-corrected chi connectivity index (χ2v) is 10.5. The maximum absolute atomic E-state index is 12.8. The number of rotatable bonds is 7. The predicted octanol–water partition coefficient (Wildman–Crippen LogP) is 1.80. The van der Waals surface area contributed by atoms with E-state index in [1.807, 2.05) is 13.8 Å². The summed E-state index contributed by atoms with van der Waals surface area (Å²) in [6, 6.07) is 3.29. The van der Waals surface area contributed by atoms with E-state index >= 15 is 0 Å². The highest BCUT2D eigenvalue weighted by molar-refractivity contribution is 7.99. The zero-order valence-corrected chi connectivity index (χ0v) is 21.3. The van der Waals surface area contributed by atoms with Gasteiger partial charge in [0.05, 0.1) is 23.1 Å². The lowest BCUT2D eigenvalue weighted by molar-refractivity contribution is -0.153. The summed E-state index contributed by atoms with van der Waals surface area (Å²) >= 11 is 13.4. The van der Waals surface area contributed by atoms with E-state index in [4.69, 9.17) is 32.5 Å². The third kappa shape index (κ3) is 6.59. The maximum atomic E-state index is 12.8. The Morgan fingerprint density at radius 2 is 1.79 bits per heavy atom. The first-order valence-electron chi connectivity index (χ1n) is 10.8. The number of hydrogen-bond donors (Lipinski definition) is 2. The normalized spacial score (nSPS) is 21.8. The summed E-state index contributed by atoms with van der Waals surface area (Å²) in [7, 11) is 0.423. The highest BCUT2D eigenvalue weighted by atomic mass is 35.5. The van der Waals surface area contributed by atoms with E-state index in [1.165, 1.54) is 23.9 Å². The molecule has 0 aromatic heterocycles. The van der Waals surface area contributed by atoms with Crippen LogP contribution in [0, 0.1) is 5.92 Å². The van der Waals surface area contributed by atoms with Crippen LogP contribution in [0.25, 0.3) is 0 Å². The van der Waals surface area contributed by atoms with Gasteiger partial charge in [0.2, 0.25) is 5.91 Å². The molecule has 1 aromatic carbocycles. The monoisotopic (exact) mass is 529 g/mol. The summed E-state index contributed by atoms with van der Waals surface area (Å²) in [4.78, 5) is 52.2. The summed E-state index contributed by atoms with van der Waals surface area (Å²) in [6.07, 6.45) is 0.380. The molecule has 2 heterocycles. The van der Waals surface area contributed by atoms with Gasteiger partial charge >= 0.3 is 19.1 Å². The molecule has 0 aliphatic carbocycles. The lowest BCUT2D eigenvalue weighted by Crippen LogP contribution is -2.62. The predicted molar refractivity (Wildman–Crippen MR) is 131 cm³/mol. The molecule has 0 spiro atoms. The van der Waals surface area contributed by atoms with E-state index in [1.54, 1.807) is 18.0 Å². The van der Waals surface area contributed by atoms with Gasteiger partial charge < -0.3 is 19.9 Å². The number of carbonyl (C=O) groups excluding carboxylic acids is 4. The lowest BCUT2D eigenvalue weighted by atomic mass is 9.73. The molecule has 1 unspecified atom stereocenters. The molecular formula is C21H26BCl2N3O6S. The first kappa shape index (κ1) is 26.7. The fourth-order valence-corrected chi connectivity index (χ4v) is 5.42. The van der Waals surface area contributed by atoms with Crippen LogP contribution in [-0.4, -0.2) is 78.9 Å². The topological polar surface area (TPSA) is 114 Å². The molecule has 2 bridgehead atoms. The quantitative estimate of drug-likeness (QED) is 0.514. The van der Waals surface area contributed by atoms with Gasteiger partial charge in [-0.15, -0.1) is 0 Å². The Balaban J connectivity index is 1.68. The molecule has 3 rings (SSSR count). The van der Waals surface area contributed by atoms with Crippen LogP contribution in [0.5, 0.6) is 0 Å². The van der Waals surface area contributed by atoms with E-state index < -0.39 is 48.9 Å². The first-order valence-corrected chi connectivity index (χ1v) is 12.7. The average Bonchev–Trinajstić information content (AvgIpc) is 2.77. The Kier molecular flexibility index (Phi) is 9.14. The molecule has 13 heteroatoms. The summed E-state index contributed by atoms with van der Waals surface area (Å²) in [5, 5.41) is 5.75. The van der Waals surface area contributed by atoms with Gasteiger partial charge in [-0.1, -0.05) is 37.0 Å². The van der Waals surface area contributed by atoms with Gasteiger partial charge in [-0.2, -0.15) is 11.8 Å². The van der Waals surface area contributed by atoms with Gasteiger partial charge in [0.15, 0.2) is 0 Å². The fraction of sp³-hybridized carbons (Fsp3) is 0.524. The van der Waals surface area contributed by atoms with Crippen molar-refractivity contribution < 1.29 is 28.5 Å². The van der Waals surface area contributed by atoms with Crippen LogP contribution < -0.4 is 10.6 Å². The molecule has 3 atom stereocenters. The van der Waals surface area contributed by atoms with E-state index in [0.717, 1.165) is 0 Å². The van der Waals surface area contributed by atoms with Gasteiger partial charge in [0, 0.05) is 16.5 Å². The second kappa shape index (κ2) is 11.7. The number of nitrogens with zero attached hydrogens (tertiary/aromatic N) is 1. The van der Waals surface area contributed by atoms with Crippen molar-refractivity contribution in [1.29, 1.82) is 0 Å². The van der Waals surface area contributed by atoms with E-state index in [2.05, 4.69) is 10.6 Å². The summed E-state index contributed by atoms with van der Waals surface area (Å²) < 4.78 is 11.1. The number of halogens is 2. The minimum Gasteiger partial charge on any atom is -0.497 e. The summed E-state index contributed by atoms with van der Waals surface area (Å²) in [5.74, 6) is -1.82. The first-order chi connectivity index (χ1) is 16.1. The Morgan fingerprint density at radius 1 is 1.18 bits per heavy atom. The second-order valence-electron chi connectivity index (χ2n) is 8.59. The van der Waals surface area contributed by atoms with Crippen LogP contribution in [0.4, 0.5) is 0 Å². The molecule has 2 amide bonds. The van der Waals surface area contributed by atoms with E-state index in [0.29, 0.717) is 22.9 Å². The number of hydrogen-bond acceptors (Lipinski definition) is 8. The van der Waals surface area contributed by atoms with Gasteiger partial charge in [0.25, 0.3) is 5.91 Å². The molecule has 34 heavy (non-hydrogen) atoms. The highest BCUT2D eigenvalue weighted by Crippen LogP contribution is 2.26. The van der Waals surface area contributed by atoms with Crippen molar-refractivity contribution in [2.45, 2.75) is 38.3 Å². The standard InChI is InChI=1S/C21H26BCl2N3O6S/c1-11(2)6-17(22-32-20(30)15-9-34-10-16(27(15)3)21(31)33-22)26-18(28)8-25-19(29)13-7-12(23)4-5-14(13)24/h4-5,7,11,15-17H,6,8-10H2,1-3H3,(H,25,29)(H,26,28)/t15-,16-,17?/m0/s1. The van der Waals surface area contributed by atoms with Crippen molar-refractivity contribution in [2.24, 2.45) is 5.92 Å². The highest BCUT2D eigenvalue weighted by Gasteiger charge is 2.48. The molecule has 1 aromatic rings. The smallest absolute Gasteiger partial charge is 0.497 e. The van der Waals surface area contributed by atoms with Crippen molar-refractivity contribution in [2.75, 3.05) is 25.1 Å². The third-order valence-electron chi connectivity index (χ3n) is 5.53. The molecule has 2 aliphatic heterocycles. The van der Waals surface area contributed by atoms with Gasteiger partial charge in [0.1, 0.15) is 12.1 Å². The molecule has 0 radical (unpaired) electrons. The molecule has 184 valence electrons. The number of amides is 2. The Labute approximate surface area is 212 Å². The molecule has 2 fully saturated rings. The van der Waals surface area contributed by atoms with Crippen LogP contribution >= 0.6 is 35.0 Å². The van der Waals surface area contributed by atoms with Crippen molar-refractivity contribution in [3.05, 3.63) is 33.8 Å². The molecule has 2 N–H and O–H groups in total. The van der Waals surface area contributed by atoms with Crippen molar-refractivity contribution in [3.63, 3.8) is 0 Å². The molecule has 0 saturated carbocycles. The summed E-state index contributed by atoms with van der Waals surface area (Å²) in [6.45, 7) is 3.48. The lowest BCUT2D eigenvalue weighted by Gasteiger charge is -2.40. The molecule has 9 nitrogen and oxygen atoms in total. The largest absolute Gasteiger partial charge is 0.622 e. The van der Waals surface area contributed by atoms with Gasteiger partial charge in [-0.3, -0.25) is 24.1 Å². The minimum absolute atomic E-state index is 0.0886. The Hall–Kier alpha value is -1.95. The summed E-state index contributed by atoms with van der Waals surface area (Å²) in [5.41, 5.74) is 0.136. The zero-order valence-electron chi connectivity index (χ0n) is 19.0. The number of fused-ring (bicyclic) bond motifs is 2. The van der Waals surface area contributed by atoms with Crippen molar-refractivity contribution in [3.8, 4) is 0 Å². The maximum Gasteiger partial charge on any atom is 0.622 e. The van der Waals surface area contributed by atoms with Crippen molar-refractivity contribution >= 4 is 65.8 Å². The Morgan fingerprint density at radius 3 is 2.38 bits per heavy atom. The number of carbonyl (C=O) groups is 4. The van der Waals surface area contributed by atoms with Gasteiger partial charge in [-0.05, 0) is 37.6 Å². The molecular weight excluding hydrogens is 504 g/mol. The van der Waals surface area contributed by atoms with Crippen LogP contribution in [0.15, 0.2) is 18.2 Å². The van der Waals surface area contributed by atoms with Crippen LogP contribution in [-0.2, 0) is 23.7 Å². The number of nitrogens with one attached hydrogen (secondary N) is 2. The van der Waals surface area contributed by atoms with E-state index in [-0.39, 0.29) is 23.0 Å². The Bertz CT molecular complexity index is 942. The number of benzene rings is 1. The van der Waals surface area contributed by atoms with Crippen molar-refractivity contribution in [1.82, 2.24) is 15.5 Å².